The van der Waals surface area contributed by atoms with Gasteiger partial charge in [-0.05, 0) is 87.3 Å². The molecule has 1 saturated carbocycles. The SMILES string of the molecule is CCOP(Cc1ccc(Nc2ncc(C(F)(F)F)c(Nc3ccc(C4CCC(C)(O)CC4)c4c3C(=O)N(C)C4)n2)c(OC)c1)OCC. The molecule has 3 N–H and O–H groups in total. The predicted molar refractivity (Wildman–Crippen MR) is 175 cm³/mol. The molecule has 0 saturated heterocycles. The zero-order valence-corrected chi connectivity index (χ0v) is 28.1. The minimum absolute atomic E-state index is 0.0941. The van der Waals surface area contributed by atoms with E-state index in [9.17, 15) is 23.1 Å². The molecule has 1 aliphatic heterocycles. The van der Waals surface area contributed by atoms with Gasteiger partial charge in [-0.25, -0.2) is 4.98 Å². The lowest BCUT2D eigenvalue weighted by Crippen LogP contribution is -2.29. The van der Waals surface area contributed by atoms with Gasteiger partial charge in [-0.2, -0.15) is 18.2 Å². The maximum Gasteiger partial charge on any atom is 0.421 e. The highest BCUT2D eigenvalue weighted by Crippen LogP contribution is 2.45. The highest BCUT2D eigenvalue weighted by molar-refractivity contribution is 7.46. The molecule has 2 aliphatic rings. The average molecular weight is 676 g/mol. The number of hydrogen-bond acceptors (Lipinski definition) is 9. The summed E-state index contributed by atoms with van der Waals surface area (Å²) in [7, 11) is 2.04. The van der Waals surface area contributed by atoms with Crippen molar-refractivity contribution in [1.29, 1.82) is 0 Å². The van der Waals surface area contributed by atoms with Crippen LogP contribution in [0.4, 0.5) is 36.3 Å². The number of methoxy groups -OCH3 is 1. The molecule has 1 aliphatic carbocycles. The molecule has 47 heavy (non-hydrogen) atoms. The van der Waals surface area contributed by atoms with Crippen molar-refractivity contribution in [1.82, 2.24) is 14.9 Å². The van der Waals surface area contributed by atoms with Gasteiger partial charge in [0.15, 0.2) is 8.38 Å². The molecule has 0 bridgehead atoms. The normalized spacial score (nSPS) is 19.7. The Bertz CT molecular complexity index is 1590. The number of amides is 1. The zero-order valence-electron chi connectivity index (χ0n) is 27.2. The molecule has 254 valence electrons. The lowest BCUT2D eigenvalue weighted by Gasteiger charge is -2.34. The first-order valence-corrected chi connectivity index (χ1v) is 17.0. The minimum atomic E-state index is -4.76. The van der Waals surface area contributed by atoms with E-state index in [0.717, 1.165) is 29.5 Å². The van der Waals surface area contributed by atoms with Crippen LogP contribution in [0, 0.1) is 0 Å². The number of nitrogens with zero attached hydrogens (tertiary/aromatic N) is 3. The largest absolute Gasteiger partial charge is 0.495 e. The molecule has 1 aromatic heterocycles. The van der Waals surface area contributed by atoms with Crippen LogP contribution in [0.15, 0.2) is 36.5 Å². The summed E-state index contributed by atoms with van der Waals surface area (Å²) in [5.74, 6) is -0.284. The number of fused-ring (bicyclic) bond motifs is 1. The van der Waals surface area contributed by atoms with E-state index in [0.29, 0.717) is 62.0 Å². The Morgan fingerprint density at radius 1 is 1.09 bits per heavy atom. The summed E-state index contributed by atoms with van der Waals surface area (Å²) < 4.78 is 59.6. The van der Waals surface area contributed by atoms with Crippen LogP contribution < -0.4 is 15.4 Å². The van der Waals surface area contributed by atoms with Gasteiger partial charge in [0.1, 0.15) is 17.1 Å². The summed E-state index contributed by atoms with van der Waals surface area (Å²) in [5, 5.41) is 16.3. The Kier molecular flexibility index (Phi) is 10.6. The first-order valence-electron chi connectivity index (χ1n) is 15.7. The number of halogens is 3. The second kappa shape index (κ2) is 14.3. The van der Waals surface area contributed by atoms with Crippen LogP contribution >= 0.6 is 8.38 Å². The number of rotatable bonds is 12. The highest BCUT2D eigenvalue weighted by Gasteiger charge is 2.38. The molecule has 1 fully saturated rings. The Hall–Kier alpha value is -3.51. The van der Waals surface area contributed by atoms with Crippen LogP contribution in [-0.2, 0) is 27.9 Å². The van der Waals surface area contributed by atoms with Gasteiger partial charge in [0.25, 0.3) is 5.91 Å². The summed E-state index contributed by atoms with van der Waals surface area (Å²) in [6.45, 7) is 7.02. The average Bonchev–Trinajstić information content (AvgIpc) is 3.32. The number of carbonyl (C=O) groups is 1. The Labute approximate surface area is 274 Å². The second-order valence-electron chi connectivity index (χ2n) is 12.1. The van der Waals surface area contributed by atoms with Gasteiger partial charge in [-0.1, -0.05) is 12.1 Å². The fraction of sp³-hybridized carbons (Fsp3) is 0.485. The summed E-state index contributed by atoms with van der Waals surface area (Å²) in [5.41, 5.74) is 1.91. The number of nitrogens with one attached hydrogen (secondary N) is 2. The maximum absolute atomic E-state index is 14.2. The monoisotopic (exact) mass is 675 g/mol. The first-order chi connectivity index (χ1) is 22.3. The van der Waals surface area contributed by atoms with Gasteiger partial charge in [-0.3, -0.25) is 4.79 Å². The number of aromatic nitrogens is 2. The number of carbonyl (C=O) groups excluding carboxylic acids is 1. The minimum Gasteiger partial charge on any atom is -0.495 e. The van der Waals surface area contributed by atoms with Gasteiger partial charge < -0.3 is 34.4 Å². The van der Waals surface area contributed by atoms with E-state index in [-0.39, 0.29) is 23.5 Å². The number of anilines is 4. The lowest BCUT2D eigenvalue weighted by molar-refractivity contribution is -0.137. The topological polar surface area (TPSA) is 118 Å². The summed E-state index contributed by atoms with van der Waals surface area (Å²) >= 11 is 0. The maximum atomic E-state index is 14.2. The third-order valence-electron chi connectivity index (χ3n) is 8.53. The molecular formula is C33H41F3N5O5P. The molecule has 2 heterocycles. The van der Waals surface area contributed by atoms with Crippen LogP contribution in [0.5, 0.6) is 5.75 Å². The van der Waals surface area contributed by atoms with Crippen LogP contribution in [0.1, 0.15) is 85.0 Å². The summed E-state index contributed by atoms with van der Waals surface area (Å²) in [6.07, 6.45) is -0.719. The molecule has 0 unspecified atom stereocenters. The second-order valence-corrected chi connectivity index (χ2v) is 13.6. The molecule has 14 heteroatoms. The molecule has 5 rings (SSSR count). The third kappa shape index (κ3) is 7.97. The van der Waals surface area contributed by atoms with Gasteiger partial charge in [0.2, 0.25) is 5.95 Å². The quantitative estimate of drug-likeness (QED) is 0.165. The van der Waals surface area contributed by atoms with Crippen molar-refractivity contribution in [3.8, 4) is 5.75 Å². The number of benzene rings is 2. The molecule has 0 atom stereocenters. The van der Waals surface area contributed by atoms with Crippen LogP contribution in [-0.4, -0.2) is 58.9 Å². The standard InChI is InChI=1S/C33H41F3N5O5P/c1-6-45-47(46-7-2)19-20-8-10-25(27(16-20)44-5)39-31-37-17-24(33(34,35)36)29(40-31)38-26-11-9-22(21-12-14-32(3,43)15-13-21)23-18-41(4)30(42)28(23)26/h8-11,16-17,21,43H,6-7,12-15,18-19H2,1-5H3,(H2,37,38,39,40). The van der Waals surface area contributed by atoms with Gasteiger partial charge in [0, 0.05) is 26.0 Å². The van der Waals surface area contributed by atoms with E-state index in [1.165, 1.54) is 7.11 Å². The summed E-state index contributed by atoms with van der Waals surface area (Å²) in [6, 6.07) is 8.91. The molecule has 2 aromatic carbocycles. The van der Waals surface area contributed by atoms with Crippen LogP contribution in [0.3, 0.4) is 0 Å². The number of ether oxygens (including phenoxy) is 1. The first kappa shape index (κ1) is 34.8. The van der Waals surface area contributed by atoms with Crippen molar-refractivity contribution in [2.45, 2.75) is 76.9 Å². The molecular weight excluding hydrogens is 634 g/mol. The molecule has 0 radical (unpaired) electrons. The Balaban J connectivity index is 1.45. The summed E-state index contributed by atoms with van der Waals surface area (Å²) in [4.78, 5) is 23.1. The van der Waals surface area contributed by atoms with E-state index in [4.69, 9.17) is 13.8 Å². The van der Waals surface area contributed by atoms with Gasteiger partial charge in [0.05, 0.1) is 42.9 Å². The fourth-order valence-corrected chi connectivity index (χ4v) is 7.44. The van der Waals surface area contributed by atoms with Crippen molar-refractivity contribution >= 4 is 37.4 Å². The molecule has 3 aromatic rings. The van der Waals surface area contributed by atoms with E-state index < -0.39 is 31.5 Å². The molecule has 10 nitrogen and oxygen atoms in total. The van der Waals surface area contributed by atoms with E-state index in [2.05, 4.69) is 20.6 Å². The van der Waals surface area contributed by atoms with Crippen molar-refractivity contribution in [2.75, 3.05) is 38.0 Å². The van der Waals surface area contributed by atoms with E-state index in [1.54, 1.807) is 30.1 Å². The van der Waals surface area contributed by atoms with Crippen molar-refractivity contribution < 1.29 is 36.9 Å². The molecule has 1 amide bonds. The van der Waals surface area contributed by atoms with Crippen molar-refractivity contribution in [3.63, 3.8) is 0 Å². The Morgan fingerprint density at radius 2 is 1.77 bits per heavy atom. The van der Waals surface area contributed by atoms with Crippen LogP contribution in [0.25, 0.3) is 0 Å². The lowest BCUT2D eigenvalue weighted by atomic mass is 9.75. The Morgan fingerprint density at radius 3 is 2.40 bits per heavy atom. The number of alkyl halides is 3. The fourth-order valence-electron chi connectivity index (χ4n) is 6.11. The van der Waals surface area contributed by atoms with Crippen LogP contribution in [0.2, 0.25) is 0 Å². The molecule has 0 spiro atoms. The predicted octanol–water partition coefficient (Wildman–Crippen LogP) is 7.87. The highest BCUT2D eigenvalue weighted by atomic mass is 31.2. The smallest absolute Gasteiger partial charge is 0.421 e. The van der Waals surface area contributed by atoms with Gasteiger partial charge >= 0.3 is 6.18 Å². The van der Waals surface area contributed by atoms with E-state index >= 15 is 0 Å². The third-order valence-corrected chi connectivity index (χ3v) is 10.2. The van der Waals surface area contributed by atoms with Gasteiger partial charge in [-0.15, -0.1) is 0 Å². The van der Waals surface area contributed by atoms with Crippen molar-refractivity contribution in [2.24, 2.45) is 0 Å². The number of aliphatic hydroxyl groups is 1. The number of hydrogen-bond donors (Lipinski definition) is 3. The van der Waals surface area contributed by atoms with E-state index in [1.807, 2.05) is 32.9 Å². The van der Waals surface area contributed by atoms with Crippen molar-refractivity contribution in [3.05, 3.63) is 64.3 Å². The zero-order chi connectivity index (χ0) is 33.9.